The van der Waals surface area contributed by atoms with Crippen LogP contribution in [0.1, 0.15) is 34.6 Å². The van der Waals surface area contributed by atoms with Crippen molar-refractivity contribution in [3.05, 3.63) is 0 Å². The molecule has 0 nitrogen and oxygen atoms in total. The fraction of sp³-hybridized carbons (Fsp3) is 1.00. The molecule has 0 saturated heterocycles. The van der Waals surface area contributed by atoms with Crippen molar-refractivity contribution in [1.29, 1.82) is 0 Å². The van der Waals surface area contributed by atoms with Gasteiger partial charge in [0.05, 0.1) is 0 Å². The summed E-state index contributed by atoms with van der Waals surface area (Å²) in [7, 11) is -0.168. The third kappa shape index (κ3) is 1.85. The predicted octanol–water partition coefficient (Wildman–Crippen LogP) is 3.57. The Labute approximate surface area is 67.6 Å². The highest BCUT2D eigenvalue weighted by Crippen LogP contribution is 2.46. The van der Waals surface area contributed by atoms with E-state index in [4.69, 9.17) is 0 Å². The van der Waals surface area contributed by atoms with Gasteiger partial charge in [0.2, 0.25) is 0 Å². The Hall–Kier alpha value is 0.217. The van der Waals surface area contributed by atoms with Crippen molar-refractivity contribution in [2.45, 2.75) is 52.8 Å². The highest BCUT2D eigenvalue weighted by molar-refractivity contribution is 6.59. The summed E-state index contributed by atoms with van der Waals surface area (Å²) in [6, 6.07) is 0. The van der Waals surface area contributed by atoms with E-state index in [-0.39, 0.29) is 8.80 Å². The summed E-state index contributed by atoms with van der Waals surface area (Å²) in [4.78, 5) is 0. The van der Waals surface area contributed by atoms with E-state index in [9.17, 15) is 0 Å². The molecule has 0 aromatic heterocycles. The Morgan fingerprint density at radius 3 is 1.10 bits per heavy atom. The Bertz CT molecular complexity index is 106. The lowest BCUT2D eigenvalue weighted by atomic mass is 9.82. The summed E-state index contributed by atoms with van der Waals surface area (Å²) in [5, 5.41) is 0.539. The van der Waals surface area contributed by atoms with Gasteiger partial charge in [0.1, 0.15) is 0 Å². The van der Waals surface area contributed by atoms with Crippen LogP contribution in [0.5, 0.6) is 0 Å². The fourth-order valence-electron chi connectivity index (χ4n) is 0.750. The number of rotatable bonds is 1. The van der Waals surface area contributed by atoms with E-state index in [1.807, 2.05) is 0 Å². The van der Waals surface area contributed by atoms with Crippen LogP contribution < -0.4 is 0 Å². The standard InChI is InChI=1S/C9H21Si/c1-8(2,3)9(4,5)10(6)7/h1-7H3. The molecule has 10 heavy (non-hydrogen) atoms. The zero-order valence-electron chi connectivity index (χ0n) is 8.50. The van der Waals surface area contributed by atoms with Crippen LogP contribution >= 0.6 is 0 Å². The van der Waals surface area contributed by atoms with Crippen molar-refractivity contribution in [3.8, 4) is 0 Å². The van der Waals surface area contributed by atoms with Gasteiger partial charge in [0.25, 0.3) is 0 Å². The Morgan fingerprint density at radius 1 is 0.800 bits per heavy atom. The molecule has 0 N–H and O–H groups in total. The molecule has 0 aromatic carbocycles. The Balaban J connectivity index is 4.40. The SMILES string of the molecule is C[Si](C)C(C)(C)C(C)(C)C. The van der Waals surface area contributed by atoms with Crippen LogP contribution in [-0.4, -0.2) is 8.80 Å². The largest absolute Gasteiger partial charge is 0.0709 e. The van der Waals surface area contributed by atoms with E-state index in [0.717, 1.165) is 0 Å². The van der Waals surface area contributed by atoms with Gasteiger partial charge in [-0.1, -0.05) is 47.7 Å². The van der Waals surface area contributed by atoms with Gasteiger partial charge in [-0.3, -0.25) is 0 Å². The summed E-state index contributed by atoms with van der Waals surface area (Å²) in [5.41, 5.74) is 0.463. The molecule has 0 aliphatic rings. The van der Waals surface area contributed by atoms with Crippen molar-refractivity contribution >= 4 is 8.80 Å². The summed E-state index contributed by atoms with van der Waals surface area (Å²) in [6.45, 7) is 16.6. The first-order valence-electron chi connectivity index (χ1n) is 4.00. The highest BCUT2D eigenvalue weighted by atomic mass is 28.3. The van der Waals surface area contributed by atoms with Crippen molar-refractivity contribution in [2.24, 2.45) is 5.41 Å². The minimum absolute atomic E-state index is 0.168. The first-order chi connectivity index (χ1) is 4.19. The molecule has 0 spiro atoms. The smallest absolute Gasteiger partial charge is 0.0480 e. The van der Waals surface area contributed by atoms with Crippen molar-refractivity contribution < 1.29 is 0 Å². The van der Waals surface area contributed by atoms with Crippen molar-refractivity contribution in [3.63, 3.8) is 0 Å². The van der Waals surface area contributed by atoms with E-state index >= 15 is 0 Å². The molecule has 0 bridgehead atoms. The molecule has 0 aliphatic heterocycles. The lowest BCUT2D eigenvalue weighted by Crippen LogP contribution is -2.33. The Kier molecular flexibility index (Phi) is 2.75. The van der Waals surface area contributed by atoms with E-state index in [1.54, 1.807) is 0 Å². The molecule has 0 aliphatic carbocycles. The zero-order valence-corrected chi connectivity index (χ0v) is 9.50. The molecule has 61 valence electrons. The van der Waals surface area contributed by atoms with Gasteiger partial charge in [-0.15, -0.1) is 0 Å². The summed E-state index contributed by atoms with van der Waals surface area (Å²) >= 11 is 0. The summed E-state index contributed by atoms with van der Waals surface area (Å²) < 4.78 is 0. The van der Waals surface area contributed by atoms with E-state index in [2.05, 4.69) is 47.7 Å². The maximum absolute atomic E-state index is 2.40. The molecular formula is C9H21Si. The van der Waals surface area contributed by atoms with Crippen LogP contribution in [0, 0.1) is 5.41 Å². The molecule has 0 unspecified atom stereocenters. The molecular weight excluding hydrogens is 136 g/mol. The van der Waals surface area contributed by atoms with Gasteiger partial charge in [0, 0.05) is 8.80 Å². The second-order valence-corrected chi connectivity index (χ2v) is 8.12. The third-order valence-electron chi connectivity index (χ3n) is 3.12. The molecule has 1 heteroatoms. The normalized spacial score (nSPS) is 14.4. The second-order valence-electron chi connectivity index (χ2n) is 4.88. The van der Waals surface area contributed by atoms with Gasteiger partial charge in [-0.25, -0.2) is 0 Å². The molecule has 0 atom stereocenters. The lowest BCUT2D eigenvalue weighted by molar-refractivity contribution is 0.295. The average Bonchev–Trinajstić information content (AvgIpc) is 1.62. The molecule has 0 amide bonds. The minimum atomic E-state index is -0.168. The van der Waals surface area contributed by atoms with Crippen LogP contribution in [0.4, 0.5) is 0 Å². The second kappa shape index (κ2) is 2.69. The van der Waals surface area contributed by atoms with Crippen molar-refractivity contribution in [1.82, 2.24) is 0 Å². The van der Waals surface area contributed by atoms with E-state index < -0.39 is 0 Å². The topological polar surface area (TPSA) is 0 Å². The average molecular weight is 157 g/mol. The van der Waals surface area contributed by atoms with Gasteiger partial charge < -0.3 is 0 Å². The Morgan fingerprint density at radius 2 is 1.10 bits per heavy atom. The maximum atomic E-state index is 2.40. The molecule has 0 fully saturated rings. The highest BCUT2D eigenvalue weighted by Gasteiger charge is 2.35. The fourth-order valence-corrected chi connectivity index (χ4v) is 2.25. The number of hydrogen-bond acceptors (Lipinski definition) is 0. The van der Waals surface area contributed by atoms with Crippen LogP contribution in [0.2, 0.25) is 18.1 Å². The lowest BCUT2D eigenvalue weighted by Gasteiger charge is -2.41. The zero-order chi connectivity index (χ0) is 8.58. The molecule has 1 radical (unpaired) electrons. The molecule has 0 saturated carbocycles. The quantitative estimate of drug-likeness (QED) is 0.510. The van der Waals surface area contributed by atoms with Crippen LogP contribution in [0.25, 0.3) is 0 Å². The first-order valence-corrected chi connectivity index (χ1v) is 6.50. The van der Waals surface area contributed by atoms with E-state index in [0.29, 0.717) is 10.5 Å². The molecule has 0 aromatic rings. The van der Waals surface area contributed by atoms with Crippen LogP contribution in [-0.2, 0) is 0 Å². The third-order valence-corrected chi connectivity index (χ3v) is 6.38. The molecule has 0 heterocycles. The first kappa shape index (κ1) is 10.2. The number of hydrogen-bond donors (Lipinski definition) is 0. The summed E-state index contributed by atoms with van der Waals surface area (Å²) in [6.07, 6.45) is 0. The maximum Gasteiger partial charge on any atom is 0.0480 e. The van der Waals surface area contributed by atoms with Crippen LogP contribution in [0.3, 0.4) is 0 Å². The minimum Gasteiger partial charge on any atom is -0.0709 e. The van der Waals surface area contributed by atoms with Gasteiger partial charge in [0.15, 0.2) is 0 Å². The van der Waals surface area contributed by atoms with Gasteiger partial charge in [-0.2, -0.15) is 0 Å². The van der Waals surface area contributed by atoms with Gasteiger partial charge in [-0.05, 0) is 10.5 Å². The van der Waals surface area contributed by atoms with Crippen LogP contribution in [0.15, 0.2) is 0 Å². The molecule has 0 rings (SSSR count). The monoisotopic (exact) mass is 157 g/mol. The van der Waals surface area contributed by atoms with E-state index in [1.165, 1.54) is 0 Å². The predicted molar refractivity (Wildman–Crippen MR) is 51.0 cm³/mol. The summed E-state index contributed by atoms with van der Waals surface area (Å²) in [5.74, 6) is 0. The van der Waals surface area contributed by atoms with Crippen molar-refractivity contribution in [2.75, 3.05) is 0 Å². The van der Waals surface area contributed by atoms with Gasteiger partial charge >= 0.3 is 0 Å².